The van der Waals surface area contributed by atoms with Crippen molar-refractivity contribution in [2.45, 2.75) is 59.8 Å². The van der Waals surface area contributed by atoms with Crippen LogP contribution in [0.1, 0.15) is 56.4 Å². The topological polar surface area (TPSA) is 29.1 Å². The van der Waals surface area contributed by atoms with E-state index in [-0.39, 0.29) is 17.2 Å². The summed E-state index contributed by atoms with van der Waals surface area (Å²) in [6.07, 6.45) is 1.99. The van der Waals surface area contributed by atoms with Crippen LogP contribution in [0.4, 0.5) is 0 Å². The summed E-state index contributed by atoms with van der Waals surface area (Å²) < 4.78 is 0. The van der Waals surface area contributed by atoms with Crippen LogP contribution in [-0.4, -0.2) is 12.5 Å². The van der Waals surface area contributed by atoms with Gasteiger partial charge >= 0.3 is 0 Å². The minimum absolute atomic E-state index is 0.185. The summed E-state index contributed by atoms with van der Waals surface area (Å²) in [5, 5.41) is 3.08. The largest absolute Gasteiger partial charge is 0.356 e. The van der Waals surface area contributed by atoms with E-state index in [0.717, 1.165) is 19.4 Å². The van der Waals surface area contributed by atoms with Gasteiger partial charge in [0.15, 0.2) is 0 Å². The molecular formula is C19H29NO. The van der Waals surface area contributed by atoms with Gasteiger partial charge in [-0.05, 0) is 60.3 Å². The van der Waals surface area contributed by atoms with Crippen LogP contribution in [0, 0.1) is 25.7 Å². The van der Waals surface area contributed by atoms with Gasteiger partial charge in [0.1, 0.15) is 0 Å². The first kappa shape index (κ1) is 16.1. The van der Waals surface area contributed by atoms with Gasteiger partial charge in [0.2, 0.25) is 5.91 Å². The molecule has 21 heavy (non-hydrogen) atoms. The van der Waals surface area contributed by atoms with Gasteiger partial charge in [-0.1, -0.05) is 39.8 Å². The lowest BCUT2D eigenvalue weighted by Crippen LogP contribution is -2.28. The summed E-state index contributed by atoms with van der Waals surface area (Å²) in [4.78, 5) is 11.9. The van der Waals surface area contributed by atoms with Crippen LogP contribution in [-0.2, 0) is 16.6 Å². The van der Waals surface area contributed by atoms with Crippen molar-refractivity contribution >= 4 is 5.91 Å². The Balaban J connectivity index is 1.99. The number of hydrogen-bond acceptors (Lipinski definition) is 1. The second kappa shape index (κ2) is 5.82. The molecule has 0 saturated heterocycles. The second-order valence-corrected chi connectivity index (χ2v) is 7.70. The predicted octanol–water partition coefficient (Wildman–Crippen LogP) is 3.92. The van der Waals surface area contributed by atoms with Gasteiger partial charge in [0, 0.05) is 12.5 Å². The molecule has 1 saturated carbocycles. The molecule has 1 aliphatic carbocycles. The van der Waals surface area contributed by atoms with Crippen LogP contribution < -0.4 is 5.32 Å². The van der Waals surface area contributed by atoms with Gasteiger partial charge in [-0.25, -0.2) is 0 Å². The highest BCUT2D eigenvalue weighted by Crippen LogP contribution is 2.37. The standard InChI is InChI=1S/C19H29NO/c1-12-9-15(19(4,5)6)10-13(2)16(12)7-8-20-18(21)17-11-14(17)3/h9-10,14,17H,7-8,11H2,1-6H3,(H,20,21)/t14-,17-/m1/s1. The van der Waals surface area contributed by atoms with E-state index < -0.39 is 0 Å². The smallest absolute Gasteiger partial charge is 0.223 e. The average molecular weight is 287 g/mol. The number of benzene rings is 1. The molecule has 0 aromatic heterocycles. The molecule has 0 spiro atoms. The molecule has 0 aliphatic heterocycles. The van der Waals surface area contributed by atoms with E-state index >= 15 is 0 Å². The fraction of sp³-hybridized carbons (Fsp3) is 0.632. The zero-order valence-electron chi connectivity index (χ0n) is 14.3. The number of carbonyl (C=O) groups is 1. The van der Waals surface area contributed by atoms with Gasteiger partial charge in [-0.15, -0.1) is 0 Å². The number of rotatable bonds is 4. The van der Waals surface area contributed by atoms with Gasteiger partial charge in [0.05, 0.1) is 0 Å². The summed E-state index contributed by atoms with van der Waals surface area (Å²) in [6, 6.07) is 4.60. The molecule has 2 atom stereocenters. The van der Waals surface area contributed by atoms with E-state index in [9.17, 15) is 4.79 Å². The summed E-state index contributed by atoms with van der Waals surface area (Å²) in [7, 11) is 0. The first-order valence-corrected chi connectivity index (χ1v) is 8.08. The lowest BCUT2D eigenvalue weighted by molar-refractivity contribution is -0.122. The molecule has 1 aromatic carbocycles. The van der Waals surface area contributed by atoms with E-state index in [0.29, 0.717) is 5.92 Å². The Morgan fingerprint density at radius 2 is 1.76 bits per heavy atom. The van der Waals surface area contributed by atoms with Crippen molar-refractivity contribution in [2.75, 3.05) is 6.54 Å². The maximum atomic E-state index is 11.9. The lowest BCUT2D eigenvalue weighted by Gasteiger charge is -2.22. The fourth-order valence-electron chi connectivity index (χ4n) is 2.95. The summed E-state index contributed by atoms with van der Waals surface area (Å²) in [5.74, 6) is 1.10. The molecule has 1 fully saturated rings. The van der Waals surface area contributed by atoms with Gasteiger partial charge in [0.25, 0.3) is 0 Å². The first-order chi connectivity index (χ1) is 9.70. The molecule has 0 radical (unpaired) electrons. The quantitative estimate of drug-likeness (QED) is 0.893. The Morgan fingerprint density at radius 3 is 2.19 bits per heavy atom. The van der Waals surface area contributed by atoms with Crippen LogP contribution in [0.15, 0.2) is 12.1 Å². The molecule has 116 valence electrons. The molecule has 2 rings (SSSR count). The molecule has 1 aliphatic rings. The zero-order valence-corrected chi connectivity index (χ0v) is 14.3. The van der Waals surface area contributed by atoms with Crippen molar-refractivity contribution < 1.29 is 4.79 Å². The van der Waals surface area contributed by atoms with Gasteiger partial charge < -0.3 is 5.32 Å². The third-order valence-corrected chi connectivity index (χ3v) is 4.68. The number of carbonyl (C=O) groups excluding carboxylic acids is 1. The maximum absolute atomic E-state index is 11.9. The molecule has 1 N–H and O–H groups in total. The Hall–Kier alpha value is -1.31. The molecule has 1 aromatic rings. The SMILES string of the molecule is Cc1cc(C(C)(C)C)cc(C)c1CCNC(=O)[C@@H]1C[C@H]1C. The van der Waals surface area contributed by atoms with Crippen molar-refractivity contribution in [1.29, 1.82) is 0 Å². The van der Waals surface area contributed by atoms with E-state index in [1.165, 1.54) is 22.3 Å². The van der Waals surface area contributed by atoms with Crippen LogP contribution >= 0.6 is 0 Å². The molecule has 2 nitrogen and oxygen atoms in total. The Bertz CT molecular complexity index is 516. The highest BCUT2D eigenvalue weighted by molar-refractivity contribution is 5.81. The monoisotopic (exact) mass is 287 g/mol. The zero-order chi connectivity index (χ0) is 15.8. The van der Waals surface area contributed by atoms with E-state index in [2.05, 4.69) is 59.0 Å². The van der Waals surface area contributed by atoms with Crippen molar-refractivity contribution in [3.8, 4) is 0 Å². The molecule has 1 amide bonds. The third-order valence-electron chi connectivity index (χ3n) is 4.68. The van der Waals surface area contributed by atoms with Crippen LogP contribution in [0.2, 0.25) is 0 Å². The molecule has 2 heteroatoms. The van der Waals surface area contributed by atoms with Crippen molar-refractivity contribution in [2.24, 2.45) is 11.8 Å². The Morgan fingerprint density at radius 1 is 1.24 bits per heavy atom. The average Bonchev–Trinajstić information content (AvgIpc) is 3.08. The number of amides is 1. The lowest BCUT2D eigenvalue weighted by atomic mass is 9.83. The Labute approximate surface area is 129 Å². The number of aryl methyl sites for hydroxylation is 2. The molecule has 0 bridgehead atoms. The minimum Gasteiger partial charge on any atom is -0.356 e. The van der Waals surface area contributed by atoms with E-state index in [1.54, 1.807) is 0 Å². The normalized spacial score (nSPS) is 21.2. The summed E-state index contributed by atoms with van der Waals surface area (Å²) in [6.45, 7) is 14.0. The van der Waals surface area contributed by atoms with Gasteiger partial charge in [-0.2, -0.15) is 0 Å². The van der Waals surface area contributed by atoms with E-state index in [1.807, 2.05) is 0 Å². The number of hydrogen-bond donors (Lipinski definition) is 1. The maximum Gasteiger partial charge on any atom is 0.223 e. The van der Waals surface area contributed by atoms with E-state index in [4.69, 9.17) is 0 Å². The summed E-state index contributed by atoms with van der Waals surface area (Å²) in [5.41, 5.74) is 5.64. The van der Waals surface area contributed by atoms with Crippen molar-refractivity contribution in [3.05, 3.63) is 34.4 Å². The highest BCUT2D eigenvalue weighted by atomic mass is 16.2. The fourth-order valence-corrected chi connectivity index (χ4v) is 2.95. The van der Waals surface area contributed by atoms with Crippen LogP contribution in [0.25, 0.3) is 0 Å². The number of nitrogens with one attached hydrogen (secondary N) is 1. The third kappa shape index (κ3) is 3.87. The highest BCUT2D eigenvalue weighted by Gasteiger charge is 2.38. The first-order valence-electron chi connectivity index (χ1n) is 8.08. The van der Waals surface area contributed by atoms with Crippen LogP contribution in [0.3, 0.4) is 0 Å². The van der Waals surface area contributed by atoms with Crippen LogP contribution in [0.5, 0.6) is 0 Å². The molecule has 0 heterocycles. The molecular weight excluding hydrogens is 258 g/mol. The van der Waals surface area contributed by atoms with Gasteiger partial charge in [-0.3, -0.25) is 4.79 Å². The Kier molecular flexibility index (Phi) is 4.46. The predicted molar refractivity (Wildman–Crippen MR) is 88.6 cm³/mol. The molecule has 0 unspecified atom stereocenters. The summed E-state index contributed by atoms with van der Waals surface area (Å²) >= 11 is 0. The van der Waals surface area contributed by atoms with Crippen molar-refractivity contribution in [1.82, 2.24) is 5.32 Å². The minimum atomic E-state index is 0.185. The second-order valence-electron chi connectivity index (χ2n) is 7.70. The van der Waals surface area contributed by atoms with Crippen molar-refractivity contribution in [3.63, 3.8) is 0 Å².